The SMILES string of the molecule is COC(=O)c1cc(NC(=O)c2cc(-c3ccc(NC(=O)CCCOc4cn5c(c4OC)C=[N+]([O-])C4=CCCCC4C5)cc3)cn2C)cn1C. The fourth-order valence-electron chi connectivity index (χ4n) is 6.39. The lowest BCUT2D eigenvalue weighted by Gasteiger charge is -2.20. The summed E-state index contributed by atoms with van der Waals surface area (Å²) in [4.78, 5) is 37.6. The summed E-state index contributed by atoms with van der Waals surface area (Å²) < 4.78 is 22.7. The van der Waals surface area contributed by atoms with Gasteiger partial charge in [0.15, 0.2) is 22.9 Å². The maximum Gasteiger partial charge on any atom is 0.354 e. The van der Waals surface area contributed by atoms with E-state index in [4.69, 9.17) is 14.2 Å². The van der Waals surface area contributed by atoms with Gasteiger partial charge >= 0.3 is 5.97 Å². The van der Waals surface area contributed by atoms with Crippen LogP contribution in [0.15, 0.2) is 66.8 Å². The molecule has 3 aromatic heterocycles. The third kappa shape index (κ3) is 7.10. The Balaban J connectivity index is 1.01. The van der Waals surface area contributed by atoms with E-state index >= 15 is 0 Å². The molecule has 13 heteroatoms. The molecule has 0 radical (unpaired) electrons. The Morgan fingerprint density at radius 2 is 1.73 bits per heavy atom. The molecule has 0 fully saturated rings. The number of anilines is 2. The van der Waals surface area contributed by atoms with Gasteiger partial charge in [-0.15, -0.1) is 0 Å². The zero-order valence-corrected chi connectivity index (χ0v) is 28.0. The van der Waals surface area contributed by atoms with Gasteiger partial charge in [0.25, 0.3) is 5.91 Å². The van der Waals surface area contributed by atoms with Crippen LogP contribution in [0.3, 0.4) is 0 Å². The monoisotopic (exact) mass is 668 g/mol. The van der Waals surface area contributed by atoms with Crippen LogP contribution in [0.1, 0.15) is 58.8 Å². The molecule has 1 aliphatic heterocycles. The summed E-state index contributed by atoms with van der Waals surface area (Å²) in [5.74, 6) is 0.273. The van der Waals surface area contributed by atoms with Crippen LogP contribution >= 0.6 is 0 Å². The largest absolute Gasteiger partial charge is 0.618 e. The number of benzene rings is 1. The van der Waals surface area contributed by atoms with Gasteiger partial charge in [-0.3, -0.25) is 9.59 Å². The number of amides is 2. The topological polar surface area (TPSA) is 144 Å². The van der Waals surface area contributed by atoms with E-state index in [0.717, 1.165) is 40.8 Å². The molecule has 4 heterocycles. The van der Waals surface area contributed by atoms with Crippen LogP contribution in [0.2, 0.25) is 0 Å². The first-order chi connectivity index (χ1) is 23.6. The normalized spacial score (nSPS) is 15.2. The van der Waals surface area contributed by atoms with E-state index in [2.05, 4.69) is 10.6 Å². The molecule has 256 valence electrons. The average Bonchev–Trinajstić information content (AvgIpc) is 3.74. The quantitative estimate of drug-likeness (QED) is 0.0955. The second-order valence-electron chi connectivity index (χ2n) is 12.2. The van der Waals surface area contributed by atoms with E-state index < -0.39 is 5.97 Å². The van der Waals surface area contributed by atoms with Crippen molar-refractivity contribution in [1.82, 2.24) is 13.7 Å². The molecule has 13 nitrogen and oxygen atoms in total. The number of nitrogens with zero attached hydrogens (tertiary/aromatic N) is 4. The summed E-state index contributed by atoms with van der Waals surface area (Å²) in [6.45, 7) is 0.995. The Labute approximate surface area is 284 Å². The van der Waals surface area contributed by atoms with Gasteiger partial charge in [-0.25, -0.2) is 4.79 Å². The smallest absolute Gasteiger partial charge is 0.354 e. The van der Waals surface area contributed by atoms with Crippen LogP contribution in [0.5, 0.6) is 11.5 Å². The standard InChI is InChI=1S/C36H40N6O7/c1-39-18-25(16-29(39)35(44)38-27-17-30(36(45)48-4)40(2)20-27)23-11-13-26(14-12-23)37-33(43)10-7-15-49-32-22-41-19-24-8-5-6-9-28(24)42(46)21-31(41)34(32)47-3/h9,11-14,16-18,20-22,24H,5-8,10,15,19H2,1-4H3,(H,37,43)(H,38,44). The second kappa shape index (κ2) is 14.2. The van der Waals surface area contributed by atoms with Gasteiger partial charge in [0.2, 0.25) is 12.1 Å². The fourth-order valence-corrected chi connectivity index (χ4v) is 6.39. The minimum absolute atomic E-state index is 0.141. The van der Waals surface area contributed by atoms with Crippen molar-refractivity contribution in [2.75, 3.05) is 31.5 Å². The maximum absolute atomic E-state index is 13.0. The molecule has 1 unspecified atom stereocenters. The minimum Gasteiger partial charge on any atom is -0.618 e. The molecule has 1 aromatic carbocycles. The number of carbonyl (C=O) groups excluding carboxylic acids is 3. The molecule has 4 aromatic rings. The van der Waals surface area contributed by atoms with Gasteiger partial charge in [-0.05, 0) is 61.6 Å². The minimum atomic E-state index is -0.492. The highest BCUT2D eigenvalue weighted by atomic mass is 16.5. The predicted molar refractivity (Wildman–Crippen MR) is 184 cm³/mol. The number of aryl methyl sites for hydroxylation is 2. The van der Waals surface area contributed by atoms with E-state index in [1.807, 2.05) is 47.3 Å². The number of hydroxylamine groups is 1. The molecule has 6 rings (SSSR count). The first-order valence-corrected chi connectivity index (χ1v) is 16.2. The van der Waals surface area contributed by atoms with Gasteiger partial charge in [0, 0.05) is 50.7 Å². The van der Waals surface area contributed by atoms with E-state index in [-0.39, 0.29) is 24.2 Å². The summed E-state index contributed by atoms with van der Waals surface area (Å²) in [6, 6.07) is 10.7. The number of esters is 1. The number of ether oxygens (including phenoxy) is 3. The number of carbonyl (C=O) groups is 3. The first kappa shape index (κ1) is 33.2. The van der Waals surface area contributed by atoms with Gasteiger partial charge in [0.05, 0.1) is 38.6 Å². The van der Waals surface area contributed by atoms with Gasteiger partial charge in [-0.2, -0.15) is 4.74 Å². The van der Waals surface area contributed by atoms with Crippen LogP contribution in [0.25, 0.3) is 11.1 Å². The molecule has 49 heavy (non-hydrogen) atoms. The van der Waals surface area contributed by atoms with Crippen molar-refractivity contribution in [1.29, 1.82) is 0 Å². The number of fused-ring (bicyclic) bond motifs is 2. The lowest BCUT2D eigenvalue weighted by molar-refractivity contribution is -0.406. The zero-order valence-electron chi connectivity index (χ0n) is 28.0. The Morgan fingerprint density at radius 1 is 0.959 bits per heavy atom. The lowest BCUT2D eigenvalue weighted by atomic mass is 9.92. The number of methoxy groups -OCH3 is 2. The highest BCUT2D eigenvalue weighted by Gasteiger charge is 2.31. The number of hydrogen-bond acceptors (Lipinski definition) is 7. The van der Waals surface area contributed by atoms with Crippen LogP contribution in [-0.4, -0.2) is 63.3 Å². The number of aromatic nitrogens is 3. The van der Waals surface area contributed by atoms with Crippen LogP contribution in [-0.2, 0) is 30.2 Å². The van der Waals surface area contributed by atoms with E-state index in [9.17, 15) is 19.6 Å². The summed E-state index contributed by atoms with van der Waals surface area (Å²) in [7, 11) is 6.35. The van der Waals surface area contributed by atoms with Gasteiger partial charge in [0.1, 0.15) is 11.4 Å². The lowest BCUT2D eigenvalue weighted by Crippen LogP contribution is -2.18. The zero-order chi connectivity index (χ0) is 34.7. The number of allylic oxidation sites excluding steroid dienone is 2. The summed E-state index contributed by atoms with van der Waals surface area (Å²) in [5, 5.41) is 18.6. The number of nitrogens with one attached hydrogen (secondary N) is 2. The Bertz CT molecular complexity index is 1950. The summed E-state index contributed by atoms with van der Waals surface area (Å²) >= 11 is 0. The number of rotatable bonds is 11. The van der Waals surface area contributed by atoms with Crippen molar-refractivity contribution >= 4 is 35.4 Å². The van der Waals surface area contributed by atoms with Crippen molar-refractivity contribution in [3.8, 4) is 22.6 Å². The van der Waals surface area contributed by atoms with Crippen molar-refractivity contribution in [2.24, 2.45) is 20.0 Å². The molecule has 2 aliphatic rings. The molecule has 0 spiro atoms. The molecule has 2 N–H and O–H groups in total. The van der Waals surface area contributed by atoms with E-state index in [0.29, 0.717) is 59.5 Å². The number of hydrogen-bond donors (Lipinski definition) is 2. The highest BCUT2D eigenvalue weighted by molar-refractivity contribution is 6.04. The van der Waals surface area contributed by atoms with Gasteiger partial charge < -0.3 is 43.8 Å². The Hall–Kier alpha value is -5.72. The summed E-state index contributed by atoms with van der Waals surface area (Å²) in [6.07, 6.45) is 12.7. The molecule has 0 saturated heterocycles. The van der Waals surface area contributed by atoms with Crippen molar-refractivity contribution in [2.45, 2.75) is 38.6 Å². The molecule has 1 aliphatic carbocycles. The van der Waals surface area contributed by atoms with E-state index in [1.165, 1.54) is 7.11 Å². The second-order valence-corrected chi connectivity index (χ2v) is 12.2. The fraction of sp³-hybridized carbons (Fsp3) is 0.333. The molecule has 1 atom stereocenters. The molecule has 0 bridgehead atoms. The van der Waals surface area contributed by atoms with Crippen molar-refractivity contribution < 1.29 is 33.3 Å². The van der Waals surface area contributed by atoms with E-state index in [1.54, 1.807) is 54.9 Å². The molecular formula is C36H40N6O7. The summed E-state index contributed by atoms with van der Waals surface area (Å²) in [5.41, 5.74) is 5.10. The maximum atomic E-state index is 13.0. The molecule has 0 saturated carbocycles. The van der Waals surface area contributed by atoms with Crippen molar-refractivity contribution in [3.63, 3.8) is 0 Å². The molecular weight excluding hydrogens is 628 g/mol. The predicted octanol–water partition coefficient (Wildman–Crippen LogP) is 5.30. The third-order valence-electron chi connectivity index (χ3n) is 8.89. The van der Waals surface area contributed by atoms with Crippen LogP contribution in [0, 0.1) is 11.1 Å². The average molecular weight is 669 g/mol. The van der Waals surface area contributed by atoms with Gasteiger partial charge in [-0.1, -0.05) is 12.1 Å². The third-order valence-corrected chi connectivity index (χ3v) is 8.89. The first-order valence-electron chi connectivity index (χ1n) is 16.2. The van der Waals surface area contributed by atoms with Crippen molar-refractivity contribution in [3.05, 3.63) is 89.1 Å². The molecule has 2 amide bonds. The highest BCUT2D eigenvalue weighted by Crippen LogP contribution is 2.37. The van der Waals surface area contributed by atoms with Crippen LogP contribution in [0.4, 0.5) is 11.4 Å². The van der Waals surface area contributed by atoms with Crippen LogP contribution < -0.4 is 20.1 Å². The Kier molecular flexibility index (Phi) is 9.61. The Morgan fingerprint density at radius 3 is 2.49 bits per heavy atom.